The van der Waals surface area contributed by atoms with E-state index in [2.05, 4.69) is 21.2 Å². The number of carbonyl (C=O) groups is 2. The largest absolute Gasteiger partial charge is 0.480 e. The third-order valence-corrected chi connectivity index (χ3v) is 4.62. The van der Waals surface area contributed by atoms with Crippen molar-refractivity contribution >= 4 is 27.8 Å². The molecule has 1 fully saturated rings. The molecule has 2 rings (SSSR count). The molecular formula is C15H17BrF2N2O3. The fourth-order valence-electron chi connectivity index (χ4n) is 2.64. The van der Waals surface area contributed by atoms with E-state index >= 15 is 0 Å². The fraction of sp³-hybridized carbons (Fsp3) is 0.467. The van der Waals surface area contributed by atoms with E-state index in [-0.39, 0.29) is 28.7 Å². The van der Waals surface area contributed by atoms with E-state index in [9.17, 15) is 18.4 Å². The number of benzene rings is 1. The molecule has 0 bridgehead atoms. The van der Waals surface area contributed by atoms with Gasteiger partial charge in [-0.2, -0.15) is 0 Å². The minimum Gasteiger partial charge on any atom is -0.480 e. The second-order valence-electron chi connectivity index (χ2n) is 5.50. The first kappa shape index (κ1) is 17.8. The van der Waals surface area contributed by atoms with Crippen LogP contribution in [0.2, 0.25) is 0 Å². The number of halogens is 3. The van der Waals surface area contributed by atoms with Crippen LogP contribution in [-0.4, -0.2) is 47.1 Å². The highest BCUT2D eigenvalue weighted by Crippen LogP contribution is 2.27. The van der Waals surface area contributed by atoms with Crippen LogP contribution in [0, 0.1) is 11.6 Å². The van der Waals surface area contributed by atoms with Gasteiger partial charge in [-0.3, -0.25) is 14.5 Å². The van der Waals surface area contributed by atoms with E-state index in [1.54, 1.807) is 0 Å². The number of rotatable bonds is 6. The lowest BCUT2D eigenvalue weighted by molar-refractivity contribution is -0.139. The van der Waals surface area contributed by atoms with Gasteiger partial charge in [-0.25, -0.2) is 8.78 Å². The number of aliphatic carboxylic acids is 1. The van der Waals surface area contributed by atoms with Crippen LogP contribution >= 0.6 is 15.9 Å². The maximum Gasteiger partial charge on any atom is 0.317 e. The summed E-state index contributed by atoms with van der Waals surface area (Å²) in [4.78, 5) is 24.7. The molecule has 1 saturated carbocycles. The Kier molecular flexibility index (Phi) is 5.69. The van der Waals surface area contributed by atoms with Crippen molar-refractivity contribution in [2.24, 2.45) is 0 Å². The highest BCUT2D eigenvalue weighted by atomic mass is 79.9. The van der Waals surface area contributed by atoms with E-state index < -0.39 is 23.5 Å². The van der Waals surface area contributed by atoms with Crippen LogP contribution in [0.3, 0.4) is 0 Å². The van der Waals surface area contributed by atoms with Gasteiger partial charge in [-0.05, 0) is 47.4 Å². The molecule has 0 saturated heterocycles. The second kappa shape index (κ2) is 7.35. The summed E-state index contributed by atoms with van der Waals surface area (Å²) in [6.45, 7) is 2.47. The molecule has 1 aromatic carbocycles. The zero-order chi connectivity index (χ0) is 17.1. The number of likely N-dealkylation sites (N-methyl/N-ethyl adjacent to an activating group) is 1. The lowest BCUT2D eigenvalue weighted by Gasteiger charge is -2.42. The Balaban J connectivity index is 1.91. The molecule has 8 heteroatoms. The predicted octanol–water partition coefficient (Wildman–Crippen LogP) is 2.39. The maximum absolute atomic E-state index is 13.2. The summed E-state index contributed by atoms with van der Waals surface area (Å²) < 4.78 is 26.5. The van der Waals surface area contributed by atoms with E-state index in [0.717, 1.165) is 12.1 Å². The highest BCUT2D eigenvalue weighted by molar-refractivity contribution is 9.10. The zero-order valence-corrected chi connectivity index (χ0v) is 14.1. The molecular weight excluding hydrogens is 374 g/mol. The average molecular weight is 391 g/mol. The highest BCUT2D eigenvalue weighted by Gasteiger charge is 2.35. The average Bonchev–Trinajstić information content (AvgIpc) is 2.43. The fourth-order valence-corrected chi connectivity index (χ4v) is 3.13. The molecule has 126 valence electrons. The van der Waals surface area contributed by atoms with Gasteiger partial charge >= 0.3 is 5.97 Å². The minimum absolute atomic E-state index is 0.0312. The van der Waals surface area contributed by atoms with Crippen molar-refractivity contribution in [2.75, 3.05) is 13.1 Å². The van der Waals surface area contributed by atoms with Crippen molar-refractivity contribution in [3.63, 3.8) is 0 Å². The summed E-state index contributed by atoms with van der Waals surface area (Å²) in [5, 5.41) is 11.6. The Labute approximate surface area is 140 Å². The van der Waals surface area contributed by atoms with Crippen LogP contribution in [0.15, 0.2) is 16.6 Å². The molecule has 0 unspecified atom stereocenters. The van der Waals surface area contributed by atoms with Crippen LogP contribution in [0.5, 0.6) is 0 Å². The zero-order valence-electron chi connectivity index (χ0n) is 12.5. The predicted molar refractivity (Wildman–Crippen MR) is 83.2 cm³/mol. The van der Waals surface area contributed by atoms with Crippen molar-refractivity contribution in [1.29, 1.82) is 0 Å². The third kappa shape index (κ3) is 4.26. The quantitative estimate of drug-likeness (QED) is 0.731. The number of nitrogens with one attached hydrogen (secondary N) is 1. The van der Waals surface area contributed by atoms with Crippen LogP contribution in [-0.2, 0) is 4.79 Å². The van der Waals surface area contributed by atoms with Gasteiger partial charge in [0.1, 0.15) is 0 Å². The Hall–Kier alpha value is -1.54. The van der Waals surface area contributed by atoms with E-state index in [0.29, 0.717) is 19.4 Å². The normalized spacial score (nSPS) is 20.2. The third-order valence-electron chi connectivity index (χ3n) is 3.96. The molecule has 0 aliphatic heterocycles. The maximum atomic E-state index is 13.2. The van der Waals surface area contributed by atoms with E-state index in [4.69, 9.17) is 5.11 Å². The summed E-state index contributed by atoms with van der Waals surface area (Å²) >= 11 is 3.04. The number of carbonyl (C=O) groups excluding carboxylic acids is 1. The van der Waals surface area contributed by atoms with E-state index in [1.807, 2.05) is 11.8 Å². The lowest BCUT2D eigenvalue weighted by Crippen LogP contribution is -2.54. The molecule has 23 heavy (non-hydrogen) atoms. The number of hydrogen-bond acceptors (Lipinski definition) is 3. The summed E-state index contributed by atoms with van der Waals surface area (Å²) in [5.74, 6) is -3.47. The second-order valence-corrected chi connectivity index (χ2v) is 6.35. The van der Waals surface area contributed by atoms with Crippen molar-refractivity contribution in [2.45, 2.75) is 31.8 Å². The molecule has 0 atom stereocenters. The van der Waals surface area contributed by atoms with E-state index in [1.165, 1.54) is 0 Å². The number of nitrogens with zero attached hydrogens (tertiary/aromatic N) is 1. The first-order valence-corrected chi connectivity index (χ1v) is 8.02. The smallest absolute Gasteiger partial charge is 0.317 e. The van der Waals surface area contributed by atoms with Crippen LogP contribution in [0.25, 0.3) is 0 Å². The van der Waals surface area contributed by atoms with Gasteiger partial charge in [0.25, 0.3) is 5.91 Å². The first-order valence-electron chi connectivity index (χ1n) is 7.23. The molecule has 0 radical (unpaired) electrons. The molecule has 0 spiro atoms. The van der Waals surface area contributed by atoms with Gasteiger partial charge in [0.2, 0.25) is 0 Å². The van der Waals surface area contributed by atoms with Crippen molar-refractivity contribution in [3.05, 3.63) is 33.8 Å². The minimum atomic E-state index is -1.08. The van der Waals surface area contributed by atoms with Crippen molar-refractivity contribution in [1.82, 2.24) is 10.2 Å². The molecule has 1 aliphatic rings. The van der Waals surface area contributed by atoms with Gasteiger partial charge in [-0.15, -0.1) is 0 Å². The monoisotopic (exact) mass is 390 g/mol. The molecule has 2 N–H and O–H groups in total. The van der Waals surface area contributed by atoms with Gasteiger partial charge < -0.3 is 10.4 Å². The Morgan fingerprint density at radius 3 is 2.52 bits per heavy atom. The summed E-state index contributed by atoms with van der Waals surface area (Å²) in [6, 6.07) is 1.78. The van der Waals surface area contributed by atoms with Crippen LogP contribution in [0.4, 0.5) is 8.78 Å². The van der Waals surface area contributed by atoms with Gasteiger partial charge in [0.15, 0.2) is 11.6 Å². The SMILES string of the molecule is CCN(CC(=O)O)C1CC(NC(=O)c2cc(F)c(F)cc2Br)C1. The number of hydrogen-bond donors (Lipinski definition) is 2. The standard InChI is InChI=1S/C15H17BrF2N2O3/c1-2-20(7-14(21)22)9-3-8(4-9)19-15(23)10-5-12(17)13(18)6-11(10)16/h5-6,8-9H,2-4,7H2,1H3,(H,19,23)(H,21,22). The first-order chi connectivity index (χ1) is 10.8. The summed E-state index contributed by atoms with van der Waals surface area (Å²) in [5.41, 5.74) is 0.0326. The Morgan fingerprint density at radius 2 is 1.96 bits per heavy atom. The summed E-state index contributed by atoms with van der Waals surface area (Å²) in [6.07, 6.45) is 1.27. The molecule has 5 nitrogen and oxygen atoms in total. The molecule has 1 aliphatic carbocycles. The van der Waals surface area contributed by atoms with Crippen LogP contribution < -0.4 is 5.32 Å². The van der Waals surface area contributed by atoms with Gasteiger partial charge in [0, 0.05) is 16.6 Å². The molecule has 0 heterocycles. The van der Waals surface area contributed by atoms with Gasteiger partial charge in [-0.1, -0.05) is 6.92 Å². The Bertz CT molecular complexity index is 621. The molecule has 1 amide bonds. The molecule has 1 aromatic rings. The van der Waals surface area contributed by atoms with Crippen LogP contribution in [0.1, 0.15) is 30.1 Å². The lowest BCUT2D eigenvalue weighted by atomic mass is 9.85. The van der Waals surface area contributed by atoms with Crippen molar-refractivity contribution < 1.29 is 23.5 Å². The molecule has 0 aromatic heterocycles. The topological polar surface area (TPSA) is 69.6 Å². The Morgan fingerprint density at radius 1 is 1.35 bits per heavy atom. The van der Waals surface area contributed by atoms with Crippen molar-refractivity contribution in [3.8, 4) is 0 Å². The number of carboxylic acids is 1. The summed E-state index contributed by atoms with van der Waals surface area (Å²) in [7, 11) is 0. The number of amides is 1. The number of carboxylic acid groups (broad SMARTS) is 1. The van der Waals surface area contributed by atoms with Gasteiger partial charge in [0.05, 0.1) is 12.1 Å².